The predicted octanol–water partition coefficient (Wildman–Crippen LogP) is 13.0. The van der Waals surface area contributed by atoms with Gasteiger partial charge < -0.3 is 30.2 Å². The number of allylic oxidation sites excluding steroid dienone is 1. The van der Waals surface area contributed by atoms with E-state index in [4.69, 9.17) is 29.5 Å². The van der Waals surface area contributed by atoms with Crippen molar-refractivity contribution >= 4 is 52.0 Å². The highest BCUT2D eigenvalue weighted by atomic mass is 32.1. The largest absolute Gasteiger partial charge is 0.466 e. The zero-order valence-corrected chi connectivity index (χ0v) is 53.0. The van der Waals surface area contributed by atoms with Gasteiger partial charge in [0.15, 0.2) is 17.1 Å². The summed E-state index contributed by atoms with van der Waals surface area (Å²) in [5, 5.41) is 24.4. The van der Waals surface area contributed by atoms with Gasteiger partial charge in [0.1, 0.15) is 5.00 Å². The van der Waals surface area contributed by atoms with Crippen LogP contribution in [0.1, 0.15) is 305 Å². The van der Waals surface area contributed by atoms with Gasteiger partial charge in [-0.1, -0.05) is 64.2 Å². The predicted molar refractivity (Wildman–Crippen MR) is 333 cm³/mol. The molecule has 0 spiro atoms. The van der Waals surface area contributed by atoms with Gasteiger partial charge in [-0.3, -0.25) is 33.2 Å². The fourth-order valence-corrected chi connectivity index (χ4v) is 17.1. The van der Waals surface area contributed by atoms with Gasteiger partial charge in [0.2, 0.25) is 0 Å². The number of amides is 3. The van der Waals surface area contributed by atoms with Crippen LogP contribution in [0.15, 0.2) is 11.3 Å². The normalized spacial score (nSPS) is 21.2. The van der Waals surface area contributed by atoms with Crippen LogP contribution in [-0.2, 0) is 75.2 Å². The van der Waals surface area contributed by atoms with Gasteiger partial charge in [0.05, 0.1) is 55.0 Å². The number of rotatable bonds is 15. The fourth-order valence-electron chi connectivity index (χ4n) is 15.8. The minimum atomic E-state index is -0.327. The van der Waals surface area contributed by atoms with E-state index in [1.807, 2.05) is 13.8 Å². The molecule has 87 heavy (non-hydrogen) atoms. The summed E-state index contributed by atoms with van der Waals surface area (Å²) in [6.07, 6.45) is 38.8. The number of carbonyl (C=O) groups excluding carboxylic acids is 6. The molecule has 4 aromatic rings. The second kappa shape index (κ2) is 29.5. The van der Waals surface area contributed by atoms with Gasteiger partial charge in [-0.15, -0.1) is 11.3 Å². The van der Waals surface area contributed by atoms with Crippen LogP contribution >= 0.6 is 11.3 Å². The van der Waals surface area contributed by atoms with Crippen molar-refractivity contribution in [2.75, 3.05) is 25.1 Å². The van der Waals surface area contributed by atoms with Crippen molar-refractivity contribution in [3.63, 3.8) is 0 Å². The molecule has 9 aliphatic rings. The number of nitrogens with one attached hydrogen (secondary N) is 3. The van der Waals surface area contributed by atoms with Crippen LogP contribution in [0.2, 0.25) is 0 Å². The number of thiophene rings is 1. The Morgan fingerprint density at radius 1 is 0.437 bits per heavy atom. The summed E-state index contributed by atoms with van der Waals surface area (Å²) in [5.74, 6) is -1.48. The minimum Gasteiger partial charge on any atom is -0.466 e. The lowest BCUT2D eigenvalue weighted by atomic mass is 9.92. The molecule has 4 saturated carbocycles. The molecule has 4 fully saturated rings. The van der Waals surface area contributed by atoms with Gasteiger partial charge in [-0.05, 0) is 193 Å². The molecule has 9 aliphatic carbocycles. The molecule has 2 atom stereocenters. The standard InChI is InChI=1S/C24H31N3O3S.C22H33N3O3.C22H31N3O3/c1-2-30-24(29)20-17-12-8-14-19(17)31-23(20)25-22(28)21-16-11-6-7-13-18(16)27(26-21)15-9-4-3-5-10-15;2*1-2-28-22(27)16-12-8-13-18(16)23-21(26)20-17-11-6-7-14-19(17)25(24-20)15-9-4-3-5-10-15/h15H,2-14H2,1H3,(H,25,28);15-16,18H,2-14H2,1H3,(H,23,26);15H,2-14H2,1H3,(H,23,26)/t;16-,18+;/m.0./s1. The van der Waals surface area contributed by atoms with Gasteiger partial charge in [0, 0.05) is 50.4 Å². The summed E-state index contributed by atoms with van der Waals surface area (Å²) in [7, 11) is 0. The first-order valence-corrected chi connectivity index (χ1v) is 35.0. The summed E-state index contributed by atoms with van der Waals surface area (Å²) < 4.78 is 22.2. The summed E-state index contributed by atoms with van der Waals surface area (Å²) in [4.78, 5) is 77.9. The molecule has 0 aliphatic heterocycles. The number of aromatic nitrogens is 6. The summed E-state index contributed by atoms with van der Waals surface area (Å²) >= 11 is 1.53. The highest BCUT2D eigenvalue weighted by Gasteiger charge is 2.38. The number of hydrogen-bond acceptors (Lipinski definition) is 13. The second-order valence-electron chi connectivity index (χ2n) is 25.7. The second-order valence-corrected chi connectivity index (χ2v) is 26.8. The topological polar surface area (TPSA) is 220 Å². The first kappa shape index (κ1) is 62.5. The van der Waals surface area contributed by atoms with Gasteiger partial charge in [0.25, 0.3) is 17.7 Å². The molecule has 0 saturated heterocycles. The molecule has 0 radical (unpaired) electrons. The first-order valence-electron chi connectivity index (χ1n) is 34.2. The van der Waals surface area contributed by atoms with Gasteiger partial charge >= 0.3 is 17.9 Å². The molecule has 0 bridgehead atoms. The van der Waals surface area contributed by atoms with E-state index in [-0.39, 0.29) is 47.6 Å². The van der Waals surface area contributed by atoms with Crippen LogP contribution in [0.4, 0.5) is 5.00 Å². The summed E-state index contributed by atoms with van der Waals surface area (Å²) in [5.41, 5.74) is 11.9. The number of esters is 3. The molecule has 0 unspecified atom stereocenters. The average Bonchev–Trinajstić information content (AvgIpc) is 2.20. The Balaban J connectivity index is 0.000000135. The molecule has 472 valence electrons. The van der Waals surface area contributed by atoms with Gasteiger partial charge in [-0.25, -0.2) is 9.59 Å². The highest BCUT2D eigenvalue weighted by molar-refractivity contribution is 7.17. The third-order valence-electron chi connectivity index (χ3n) is 20.1. The van der Waals surface area contributed by atoms with E-state index in [2.05, 4.69) is 30.0 Å². The van der Waals surface area contributed by atoms with Crippen LogP contribution in [0, 0.1) is 5.92 Å². The van der Waals surface area contributed by atoms with Crippen molar-refractivity contribution in [3.8, 4) is 0 Å². The van der Waals surface area contributed by atoms with Crippen LogP contribution in [0.5, 0.6) is 0 Å². The number of fused-ring (bicyclic) bond motifs is 4. The van der Waals surface area contributed by atoms with Crippen LogP contribution in [-0.4, -0.2) is 90.8 Å². The van der Waals surface area contributed by atoms with Crippen LogP contribution < -0.4 is 16.0 Å². The Bertz CT molecular complexity index is 3160. The van der Waals surface area contributed by atoms with Crippen molar-refractivity contribution in [1.29, 1.82) is 0 Å². The van der Waals surface area contributed by atoms with Crippen LogP contribution in [0.25, 0.3) is 0 Å². The highest BCUT2D eigenvalue weighted by Crippen LogP contribution is 2.42. The third kappa shape index (κ3) is 14.0. The Labute approximate surface area is 517 Å². The molecule has 3 N–H and O–H groups in total. The average molecular weight is 1210 g/mol. The molecule has 13 rings (SSSR count). The van der Waals surface area contributed by atoms with Crippen molar-refractivity contribution in [1.82, 2.24) is 40.0 Å². The Kier molecular flexibility index (Phi) is 21.2. The van der Waals surface area contributed by atoms with Gasteiger partial charge in [-0.2, -0.15) is 15.3 Å². The molecule has 3 amide bonds. The molecular weight excluding hydrogens is 1120 g/mol. The Morgan fingerprint density at radius 2 is 0.885 bits per heavy atom. The smallest absolute Gasteiger partial charge is 0.341 e. The maximum absolute atomic E-state index is 13.4. The van der Waals surface area contributed by atoms with E-state index in [0.29, 0.717) is 84.0 Å². The van der Waals surface area contributed by atoms with E-state index in [0.717, 1.165) is 163 Å². The zero-order valence-electron chi connectivity index (χ0n) is 52.2. The third-order valence-corrected chi connectivity index (χ3v) is 21.3. The SMILES string of the molecule is CCOC(=O)C1=C(NC(=O)c2nn(C3CCCCC3)c3c2CCCC3)CCC1.CCOC(=O)[C@H]1CCC[C@H]1NC(=O)c1nn(C2CCCCC2)c2c1CCCC2.CCOC(=O)c1c(NC(=O)c2nn(C3CCCCC3)c3c2CCCC3)sc2c1CCC2. The Hall–Kier alpha value is -6.11. The van der Waals surface area contributed by atoms with E-state index in [1.54, 1.807) is 6.92 Å². The van der Waals surface area contributed by atoms with E-state index < -0.39 is 0 Å². The van der Waals surface area contributed by atoms with Crippen molar-refractivity contribution in [2.24, 2.45) is 5.92 Å². The number of aryl methyl sites for hydroxylation is 1. The van der Waals surface area contributed by atoms with E-state index in [1.165, 1.54) is 117 Å². The Morgan fingerprint density at radius 3 is 1.39 bits per heavy atom. The summed E-state index contributed by atoms with van der Waals surface area (Å²) in [6.45, 7) is 6.50. The lowest BCUT2D eigenvalue weighted by Crippen LogP contribution is -2.41. The lowest BCUT2D eigenvalue weighted by Gasteiger charge is -2.25. The number of nitrogens with zero attached hydrogens (tertiary/aromatic N) is 6. The maximum atomic E-state index is 13.4. The first-order chi connectivity index (χ1) is 42.5. The molecule has 4 aromatic heterocycles. The van der Waals surface area contributed by atoms with Crippen molar-refractivity contribution < 1.29 is 43.0 Å². The molecule has 0 aromatic carbocycles. The quantitative estimate of drug-likeness (QED) is 0.0748. The number of carbonyl (C=O) groups is 6. The number of anilines is 1. The summed E-state index contributed by atoms with van der Waals surface area (Å²) in [6, 6.07) is 1.16. The van der Waals surface area contributed by atoms with Crippen molar-refractivity contribution in [2.45, 2.75) is 276 Å². The maximum Gasteiger partial charge on any atom is 0.341 e. The van der Waals surface area contributed by atoms with E-state index >= 15 is 0 Å². The lowest BCUT2D eigenvalue weighted by molar-refractivity contribution is -0.148. The molecule has 19 heteroatoms. The molecule has 18 nitrogen and oxygen atoms in total. The van der Waals surface area contributed by atoms with Crippen molar-refractivity contribution in [3.05, 3.63) is 78.1 Å². The number of ether oxygens (including phenoxy) is 3. The van der Waals surface area contributed by atoms with E-state index in [9.17, 15) is 28.8 Å². The van der Waals surface area contributed by atoms with Crippen LogP contribution in [0.3, 0.4) is 0 Å². The molecule has 4 heterocycles. The fraction of sp³-hybridized carbons (Fsp3) is 0.691. The monoisotopic (exact) mass is 1210 g/mol. The number of hydrogen-bond donors (Lipinski definition) is 3. The minimum absolute atomic E-state index is 0.103. The zero-order chi connectivity index (χ0) is 60.4. The molecular formula is C68H95N9O9S.